The van der Waals surface area contributed by atoms with E-state index in [2.05, 4.69) is 4.98 Å². The standard InChI is InChI=1S/C12H6Cl2FNO/c13-9-2-1-7(5-10(9)14)11-8(6-17)3-4-16-12(11)15/h1-6H. The van der Waals surface area contributed by atoms with Crippen LogP contribution < -0.4 is 0 Å². The predicted octanol–water partition coefficient (Wildman–Crippen LogP) is 4.01. The summed E-state index contributed by atoms with van der Waals surface area (Å²) in [4.78, 5) is 14.4. The van der Waals surface area contributed by atoms with Crippen LogP contribution in [0, 0.1) is 5.95 Å². The van der Waals surface area contributed by atoms with Crippen LogP contribution in [-0.2, 0) is 0 Å². The molecule has 0 fully saturated rings. The Morgan fingerprint density at radius 2 is 1.94 bits per heavy atom. The fourth-order valence-corrected chi connectivity index (χ4v) is 1.78. The molecule has 2 rings (SSSR count). The van der Waals surface area contributed by atoms with Gasteiger partial charge in [-0.25, -0.2) is 4.98 Å². The molecule has 17 heavy (non-hydrogen) atoms. The Morgan fingerprint density at radius 3 is 2.59 bits per heavy atom. The molecule has 0 aliphatic heterocycles. The SMILES string of the molecule is O=Cc1ccnc(F)c1-c1ccc(Cl)c(Cl)c1. The van der Waals surface area contributed by atoms with Crippen molar-refractivity contribution in [2.24, 2.45) is 0 Å². The van der Waals surface area contributed by atoms with E-state index < -0.39 is 5.95 Å². The van der Waals surface area contributed by atoms with Crippen LogP contribution in [0.2, 0.25) is 10.0 Å². The van der Waals surface area contributed by atoms with Crippen molar-refractivity contribution in [3.63, 3.8) is 0 Å². The van der Waals surface area contributed by atoms with E-state index in [0.29, 0.717) is 21.9 Å². The average Bonchev–Trinajstić information content (AvgIpc) is 2.32. The summed E-state index contributed by atoms with van der Waals surface area (Å²) in [7, 11) is 0. The first kappa shape index (κ1) is 12.0. The number of carbonyl (C=O) groups is 1. The maximum Gasteiger partial charge on any atom is 0.221 e. The second-order valence-corrected chi connectivity index (χ2v) is 4.13. The summed E-state index contributed by atoms with van der Waals surface area (Å²) in [6.45, 7) is 0. The summed E-state index contributed by atoms with van der Waals surface area (Å²) in [5, 5.41) is 0.664. The van der Waals surface area contributed by atoms with Crippen LogP contribution in [0.25, 0.3) is 11.1 Å². The van der Waals surface area contributed by atoms with Crippen LogP contribution in [-0.4, -0.2) is 11.3 Å². The molecule has 2 aromatic rings. The van der Waals surface area contributed by atoms with Crippen molar-refractivity contribution in [2.75, 3.05) is 0 Å². The number of rotatable bonds is 2. The van der Waals surface area contributed by atoms with E-state index >= 15 is 0 Å². The first-order valence-electron chi connectivity index (χ1n) is 4.68. The predicted molar refractivity (Wildman–Crippen MR) is 65.0 cm³/mol. The average molecular weight is 270 g/mol. The third kappa shape index (κ3) is 2.30. The number of nitrogens with zero attached hydrogens (tertiary/aromatic N) is 1. The minimum absolute atomic E-state index is 0.126. The van der Waals surface area contributed by atoms with Gasteiger partial charge >= 0.3 is 0 Å². The van der Waals surface area contributed by atoms with Crippen molar-refractivity contribution in [2.45, 2.75) is 0 Å². The zero-order valence-electron chi connectivity index (χ0n) is 8.45. The molecule has 1 aromatic carbocycles. The molecule has 1 heterocycles. The van der Waals surface area contributed by atoms with Crippen LogP contribution in [0.5, 0.6) is 0 Å². The molecule has 0 aliphatic carbocycles. The van der Waals surface area contributed by atoms with E-state index in [0.717, 1.165) is 0 Å². The first-order valence-corrected chi connectivity index (χ1v) is 5.44. The normalized spacial score (nSPS) is 10.3. The third-order valence-electron chi connectivity index (χ3n) is 2.27. The highest BCUT2D eigenvalue weighted by molar-refractivity contribution is 6.42. The van der Waals surface area contributed by atoms with Gasteiger partial charge in [-0.15, -0.1) is 0 Å². The van der Waals surface area contributed by atoms with Crippen LogP contribution in [0.15, 0.2) is 30.5 Å². The summed E-state index contributed by atoms with van der Waals surface area (Å²) >= 11 is 11.6. The Hall–Kier alpha value is -1.45. The maximum absolute atomic E-state index is 13.6. The van der Waals surface area contributed by atoms with Crippen LogP contribution in [0.1, 0.15) is 10.4 Å². The second-order valence-electron chi connectivity index (χ2n) is 3.31. The molecule has 1 aromatic heterocycles. The lowest BCUT2D eigenvalue weighted by Crippen LogP contribution is -1.95. The molecule has 0 bridgehead atoms. The van der Waals surface area contributed by atoms with Crippen LogP contribution in [0.3, 0.4) is 0 Å². The Balaban J connectivity index is 2.67. The van der Waals surface area contributed by atoms with Crippen molar-refractivity contribution in [3.05, 3.63) is 52.0 Å². The quantitative estimate of drug-likeness (QED) is 0.609. The fourth-order valence-electron chi connectivity index (χ4n) is 1.49. The van der Waals surface area contributed by atoms with Crippen molar-refractivity contribution in [1.29, 1.82) is 0 Å². The van der Waals surface area contributed by atoms with E-state index in [9.17, 15) is 9.18 Å². The molecule has 0 N–H and O–H groups in total. The molecule has 0 aliphatic rings. The number of aldehydes is 1. The van der Waals surface area contributed by atoms with Crippen molar-refractivity contribution in [1.82, 2.24) is 4.98 Å². The molecule has 0 unspecified atom stereocenters. The first-order chi connectivity index (χ1) is 8.13. The van der Waals surface area contributed by atoms with Gasteiger partial charge in [0.25, 0.3) is 0 Å². The van der Waals surface area contributed by atoms with Crippen molar-refractivity contribution >= 4 is 29.5 Å². The Kier molecular flexibility index (Phi) is 3.41. The zero-order valence-corrected chi connectivity index (χ0v) is 9.97. The Bertz CT molecular complexity index is 587. The van der Waals surface area contributed by atoms with Gasteiger partial charge in [-0.05, 0) is 23.8 Å². The van der Waals surface area contributed by atoms with E-state index in [1.165, 1.54) is 18.3 Å². The number of carbonyl (C=O) groups excluding carboxylic acids is 1. The zero-order chi connectivity index (χ0) is 12.4. The topological polar surface area (TPSA) is 30.0 Å². The lowest BCUT2D eigenvalue weighted by Gasteiger charge is -2.06. The molecule has 0 saturated heterocycles. The van der Waals surface area contributed by atoms with Gasteiger partial charge in [-0.3, -0.25) is 4.79 Å². The smallest absolute Gasteiger partial charge is 0.221 e. The van der Waals surface area contributed by atoms with Gasteiger partial charge in [0, 0.05) is 17.3 Å². The maximum atomic E-state index is 13.6. The molecule has 0 amide bonds. The van der Waals surface area contributed by atoms with E-state index in [-0.39, 0.29) is 11.1 Å². The van der Waals surface area contributed by atoms with Gasteiger partial charge < -0.3 is 0 Å². The second kappa shape index (κ2) is 4.82. The molecule has 5 heteroatoms. The monoisotopic (exact) mass is 269 g/mol. The highest BCUT2D eigenvalue weighted by atomic mass is 35.5. The van der Waals surface area contributed by atoms with E-state index in [4.69, 9.17) is 23.2 Å². The highest BCUT2D eigenvalue weighted by Crippen LogP contribution is 2.30. The van der Waals surface area contributed by atoms with E-state index in [1.54, 1.807) is 12.1 Å². The van der Waals surface area contributed by atoms with Gasteiger partial charge in [0.2, 0.25) is 5.95 Å². The largest absolute Gasteiger partial charge is 0.298 e. The minimum atomic E-state index is -0.715. The number of benzene rings is 1. The molecule has 0 saturated carbocycles. The molecule has 86 valence electrons. The fraction of sp³-hybridized carbons (Fsp3) is 0. The number of hydrogen-bond donors (Lipinski definition) is 0. The minimum Gasteiger partial charge on any atom is -0.298 e. The molecular weight excluding hydrogens is 264 g/mol. The molecule has 0 atom stereocenters. The third-order valence-corrected chi connectivity index (χ3v) is 3.01. The summed E-state index contributed by atoms with van der Waals surface area (Å²) in [5.74, 6) is -0.715. The summed E-state index contributed by atoms with van der Waals surface area (Å²) in [5.41, 5.74) is 0.809. The van der Waals surface area contributed by atoms with Crippen molar-refractivity contribution < 1.29 is 9.18 Å². The molecule has 0 radical (unpaired) electrons. The molecule has 2 nitrogen and oxygen atoms in total. The van der Waals surface area contributed by atoms with Gasteiger partial charge in [0.1, 0.15) is 0 Å². The van der Waals surface area contributed by atoms with E-state index in [1.807, 2.05) is 0 Å². The summed E-state index contributed by atoms with van der Waals surface area (Å²) in [6, 6.07) is 6.06. The van der Waals surface area contributed by atoms with Gasteiger partial charge in [0.15, 0.2) is 6.29 Å². The molecule has 0 spiro atoms. The van der Waals surface area contributed by atoms with Gasteiger partial charge in [0.05, 0.1) is 10.0 Å². The molecular formula is C12H6Cl2FNO. The number of aromatic nitrogens is 1. The number of hydrogen-bond acceptors (Lipinski definition) is 2. The van der Waals surface area contributed by atoms with Gasteiger partial charge in [-0.1, -0.05) is 29.3 Å². The van der Waals surface area contributed by atoms with Crippen LogP contribution >= 0.6 is 23.2 Å². The number of pyridine rings is 1. The van der Waals surface area contributed by atoms with Crippen molar-refractivity contribution in [3.8, 4) is 11.1 Å². The highest BCUT2D eigenvalue weighted by Gasteiger charge is 2.12. The van der Waals surface area contributed by atoms with Gasteiger partial charge in [-0.2, -0.15) is 4.39 Å². The Labute approximate surface area is 107 Å². The number of halogens is 3. The van der Waals surface area contributed by atoms with Crippen LogP contribution in [0.4, 0.5) is 4.39 Å². The lowest BCUT2D eigenvalue weighted by molar-refractivity contribution is 0.112. The lowest BCUT2D eigenvalue weighted by atomic mass is 10.0. The summed E-state index contributed by atoms with van der Waals surface area (Å²) < 4.78 is 13.6. The Morgan fingerprint density at radius 1 is 1.18 bits per heavy atom. The summed E-state index contributed by atoms with van der Waals surface area (Å²) in [6.07, 6.45) is 1.81.